The van der Waals surface area contributed by atoms with E-state index in [0.29, 0.717) is 29.1 Å². The Kier molecular flexibility index (Phi) is 4.74. The van der Waals surface area contributed by atoms with Crippen LogP contribution in [0.25, 0.3) is 11.4 Å². The van der Waals surface area contributed by atoms with Gasteiger partial charge in [0.1, 0.15) is 17.2 Å². The Morgan fingerprint density at radius 1 is 1.20 bits per heavy atom. The molecule has 0 spiro atoms. The van der Waals surface area contributed by atoms with Crippen LogP contribution in [0, 0.1) is 5.92 Å². The number of carbonyl (C=O) groups is 1. The van der Waals surface area contributed by atoms with E-state index in [2.05, 4.69) is 29.0 Å². The number of aromatic nitrogens is 3. The van der Waals surface area contributed by atoms with Crippen molar-refractivity contribution < 1.29 is 14.1 Å². The first-order valence-electron chi connectivity index (χ1n) is 7.88. The Hall–Kier alpha value is -3.22. The molecule has 0 saturated carbocycles. The van der Waals surface area contributed by atoms with E-state index in [0.717, 1.165) is 12.0 Å². The van der Waals surface area contributed by atoms with E-state index in [1.165, 1.54) is 12.3 Å². The van der Waals surface area contributed by atoms with E-state index in [9.17, 15) is 4.79 Å². The molecule has 1 aromatic carbocycles. The molecule has 7 nitrogen and oxygen atoms in total. The maximum atomic E-state index is 11.2. The first kappa shape index (κ1) is 16.6. The number of primary amides is 1. The molecule has 0 aliphatic rings. The summed E-state index contributed by atoms with van der Waals surface area (Å²) in [5, 5.41) is 4.00. The topological polar surface area (TPSA) is 104 Å². The van der Waals surface area contributed by atoms with E-state index >= 15 is 0 Å². The van der Waals surface area contributed by atoms with E-state index in [-0.39, 0.29) is 5.69 Å². The third-order valence-corrected chi connectivity index (χ3v) is 3.38. The van der Waals surface area contributed by atoms with Gasteiger partial charge in [-0.1, -0.05) is 19.0 Å². The Morgan fingerprint density at radius 3 is 2.64 bits per heavy atom. The summed E-state index contributed by atoms with van der Waals surface area (Å²) >= 11 is 0. The second-order valence-electron chi connectivity index (χ2n) is 5.98. The lowest BCUT2D eigenvalue weighted by Gasteiger charge is -2.06. The number of benzene rings is 1. The minimum absolute atomic E-state index is 0.151. The quantitative estimate of drug-likeness (QED) is 0.740. The predicted octanol–water partition coefficient (Wildman–Crippen LogP) is 3.22. The molecule has 7 heteroatoms. The summed E-state index contributed by atoms with van der Waals surface area (Å²) in [6, 6.07) is 10.4. The summed E-state index contributed by atoms with van der Waals surface area (Å²) in [6.07, 6.45) is 2.22. The molecule has 0 saturated heterocycles. The van der Waals surface area contributed by atoms with Crippen LogP contribution in [0.15, 0.2) is 47.1 Å². The van der Waals surface area contributed by atoms with Gasteiger partial charge >= 0.3 is 0 Å². The Morgan fingerprint density at radius 2 is 1.96 bits per heavy atom. The van der Waals surface area contributed by atoms with Crippen molar-refractivity contribution in [2.45, 2.75) is 20.3 Å². The number of rotatable bonds is 6. The molecule has 0 radical (unpaired) electrons. The lowest BCUT2D eigenvalue weighted by molar-refractivity contribution is 0.0995. The summed E-state index contributed by atoms with van der Waals surface area (Å²) in [6.45, 7) is 4.19. The van der Waals surface area contributed by atoms with Gasteiger partial charge in [-0.25, -0.2) is 0 Å². The molecule has 2 N–H and O–H groups in total. The summed E-state index contributed by atoms with van der Waals surface area (Å²) in [7, 11) is 0. The van der Waals surface area contributed by atoms with Gasteiger partial charge in [0.25, 0.3) is 5.91 Å². The minimum Gasteiger partial charge on any atom is -0.457 e. The number of pyridine rings is 1. The van der Waals surface area contributed by atoms with Crippen LogP contribution in [0.3, 0.4) is 0 Å². The first-order valence-corrected chi connectivity index (χ1v) is 7.88. The third-order valence-electron chi connectivity index (χ3n) is 3.38. The van der Waals surface area contributed by atoms with Crippen molar-refractivity contribution in [3.63, 3.8) is 0 Å². The number of hydrogen-bond donors (Lipinski definition) is 1. The van der Waals surface area contributed by atoms with Gasteiger partial charge < -0.3 is 15.0 Å². The molecule has 0 aliphatic carbocycles. The number of nitrogens with zero attached hydrogens (tertiary/aromatic N) is 3. The fourth-order valence-corrected chi connectivity index (χ4v) is 2.22. The standard InChI is InChI=1S/C18H18N4O3/c1-11(2)9-16-21-18(22-25-16)12-3-5-13(6-4-12)24-14-7-8-20-15(10-14)17(19)23/h3-8,10-11H,9H2,1-2H3,(H2,19,23). The lowest BCUT2D eigenvalue weighted by Crippen LogP contribution is -2.12. The number of hydrogen-bond acceptors (Lipinski definition) is 6. The minimum atomic E-state index is -0.602. The maximum Gasteiger partial charge on any atom is 0.267 e. The molecule has 0 bridgehead atoms. The van der Waals surface area contributed by atoms with Crippen molar-refractivity contribution in [3.05, 3.63) is 54.2 Å². The monoisotopic (exact) mass is 338 g/mol. The molecule has 1 amide bonds. The summed E-state index contributed by atoms with van der Waals surface area (Å²) in [5.41, 5.74) is 6.20. The second-order valence-corrected chi connectivity index (χ2v) is 5.98. The number of nitrogens with two attached hydrogens (primary N) is 1. The summed E-state index contributed by atoms with van der Waals surface area (Å²) in [5.74, 6) is 2.11. The maximum absolute atomic E-state index is 11.2. The zero-order valence-corrected chi connectivity index (χ0v) is 14.0. The highest BCUT2D eigenvalue weighted by molar-refractivity contribution is 5.91. The highest BCUT2D eigenvalue weighted by Crippen LogP contribution is 2.25. The van der Waals surface area contributed by atoms with Gasteiger partial charge in [0.15, 0.2) is 0 Å². The Labute approximate surface area is 144 Å². The molecule has 0 fully saturated rings. The van der Waals surface area contributed by atoms with Crippen molar-refractivity contribution in [3.8, 4) is 22.9 Å². The fourth-order valence-electron chi connectivity index (χ4n) is 2.22. The SMILES string of the molecule is CC(C)Cc1nc(-c2ccc(Oc3ccnc(C(N)=O)c3)cc2)no1. The lowest BCUT2D eigenvalue weighted by atomic mass is 10.1. The van der Waals surface area contributed by atoms with Gasteiger partial charge in [-0.05, 0) is 36.2 Å². The van der Waals surface area contributed by atoms with Gasteiger partial charge in [-0.2, -0.15) is 4.98 Å². The van der Waals surface area contributed by atoms with Gasteiger partial charge in [0.2, 0.25) is 11.7 Å². The first-order chi connectivity index (χ1) is 12.0. The molecule has 128 valence electrons. The average molecular weight is 338 g/mol. The van der Waals surface area contributed by atoms with Crippen LogP contribution in [-0.2, 0) is 6.42 Å². The zero-order valence-electron chi connectivity index (χ0n) is 14.0. The molecule has 25 heavy (non-hydrogen) atoms. The largest absolute Gasteiger partial charge is 0.457 e. The molecule has 0 atom stereocenters. The van der Waals surface area contributed by atoms with Crippen LogP contribution < -0.4 is 10.5 Å². The van der Waals surface area contributed by atoms with E-state index in [4.69, 9.17) is 15.0 Å². The summed E-state index contributed by atoms with van der Waals surface area (Å²) < 4.78 is 11.0. The van der Waals surface area contributed by atoms with E-state index in [1.807, 2.05) is 12.1 Å². The van der Waals surface area contributed by atoms with Crippen molar-refractivity contribution in [1.29, 1.82) is 0 Å². The number of amides is 1. The molecule has 2 aromatic heterocycles. The highest BCUT2D eigenvalue weighted by Gasteiger charge is 2.10. The van der Waals surface area contributed by atoms with E-state index < -0.39 is 5.91 Å². The van der Waals surface area contributed by atoms with Crippen LogP contribution in [0.2, 0.25) is 0 Å². The van der Waals surface area contributed by atoms with E-state index in [1.54, 1.807) is 18.2 Å². The predicted molar refractivity (Wildman–Crippen MR) is 91.1 cm³/mol. The van der Waals surface area contributed by atoms with Crippen molar-refractivity contribution in [1.82, 2.24) is 15.1 Å². The molecule has 3 rings (SSSR count). The number of carbonyl (C=O) groups excluding carboxylic acids is 1. The van der Waals surface area contributed by atoms with Gasteiger partial charge in [-0.3, -0.25) is 9.78 Å². The van der Waals surface area contributed by atoms with Crippen LogP contribution in [0.4, 0.5) is 0 Å². The normalized spacial score (nSPS) is 10.8. The van der Waals surface area contributed by atoms with Crippen molar-refractivity contribution >= 4 is 5.91 Å². The molecule has 2 heterocycles. The van der Waals surface area contributed by atoms with Gasteiger partial charge in [0.05, 0.1) is 0 Å². The average Bonchev–Trinajstić information content (AvgIpc) is 3.03. The van der Waals surface area contributed by atoms with Gasteiger partial charge in [0, 0.05) is 24.2 Å². The fraction of sp³-hybridized carbons (Fsp3) is 0.222. The van der Waals surface area contributed by atoms with Crippen LogP contribution in [0.1, 0.15) is 30.2 Å². The molecule has 0 aliphatic heterocycles. The van der Waals surface area contributed by atoms with Crippen LogP contribution >= 0.6 is 0 Å². The van der Waals surface area contributed by atoms with Crippen molar-refractivity contribution in [2.24, 2.45) is 11.7 Å². The molecular formula is C18H18N4O3. The Bertz CT molecular complexity index is 872. The smallest absolute Gasteiger partial charge is 0.267 e. The summed E-state index contributed by atoms with van der Waals surface area (Å²) in [4.78, 5) is 19.4. The Balaban J connectivity index is 1.73. The van der Waals surface area contributed by atoms with Crippen LogP contribution in [0.5, 0.6) is 11.5 Å². The third kappa shape index (κ3) is 4.20. The molecular weight excluding hydrogens is 320 g/mol. The highest BCUT2D eigenvalue weighted by atomic mass is 16.5. The number of ether oxygens (including phenoxy) is 1. The molecule has 0 unspecified atom stereocenters. The van der Waals surface area contributed by atoms with Crippen molar-refractivity contribution in [2.75, 3.05) is 0 Å². The second kappa shape index (κ2) is 7.12. The van der Waals surface area contributed by atoms with Gasteiger partial charge in [-0.15, -0.1) is 0 Å². The zero-order chi connectivity index (χ0) is 17.8. The molecule has 3 aromatic rings. The van der Waals surface area contributed by atoms with Crippen LogP contribution in [-0.4, -0.2) is 21.0 Å².